The van der Waals surface area contributed by atoms with E-state index in [1.807, 2.05) is 0 Å². The van der Waals surface area contributed by atoms with Crippen LogP contribution in [0.25, 0.3) is 11.1 Å². The zero-order valence-corrected chi connectivity index (χ0v) is 12.1. The standard InChI is InChI=1S/C19H20F2/c20-15-5-3-1-2-4-6-16-7-9-17(10-8-16)18-11-13-19(21)14-12-18/h5,7-15H,1-4,6H2/b15-5+. The van der Waals surface area contributed by atoms with Crippen molar-refractivity contribution in [3.63, 3.8) is 0 Å². The van der Waals surface area contributed by atoms with Crippen molar-refractivity contribution in [1.29, 1.82) is 0 Å². The van der Waals surface area contributed by atoms with Crippen LogP contribution in [0.2, 0.25) is 0 Å². The number of hydrogen-bond donors (Lipinski definition) is 0. The monoisotopic (exact) mass is 286 g/mol. The van der Waals surface area contributed by atoms with E-state index in [0.29, 0.717) is 6.33 Å². The molecule has 0 unspecified atom stereocenters. The molecule has 0 aliphatic heterocycles. The van der Waals surface area contributed by atoms with Crippen LogP contribution >= 0.6 is 0 Å². The summed E-state index contributed by atoms with van der Waals surface area (Å²) in [4.78, 5) is 0. The number of benzene rings is 2. The van der Waals surface area contributed by atoms with Crippen LogP contribution in [0.15, 0.2) is 60.9 Å². The Balaban J connectivity index is 1.83. The summed E-state index contributed by atoms with van der Waals surface area (Å²) in [6.45, 7) is 0. The van der Waals surface area contributed by atoms with Crippen LogP contribution in [0.3, 0.4) is 0 Å². The second-order valence-electron chi connectivity index (χ2n) is 5.16. The molecule has 0 atom stereocenters. The van der Waals surface area contributed by atoms with Crippen LogP contribution in [0.4, 0.5) is 8.78 Å². The fraction of sp³-hybridized carbons (Fsp3) is 0.263. The summed E-state index contributed by atoms with van der Waals surface area (Å²) in [5, 5.41) is 0. The largest absolute Gasteiger partial charge is 0.216 e. The van der Waals surface area contributed by atoms with Gasteiger partial charge in [0, 0.05) is 0 Å². The molecule has 0 saturated heterocycles. The lowest BCUT2D eigenvalue weighted by atomic mass is 10.0. The Morgan fingerprint density at radius 1 is 0.762 bits per heavy atom. The predicted molar refractivity (Wildman–Crippen MR) is 84.3 cm³/mol. The number of aryl methyl sites for hydroxylation is 1. The molecule has 0 saturated carbocycles. The van der Waals surface area contributed by atoms with Gasteiger partial charge in [-0.1, -0.05) is 48.9 Å². The molecule has 2 aromatic rings. The van der Waals surface area contributed by atoms with Gasteiger partial charge in [-0.25, -0.2) is 8.78 Å². The molecular weight excluding hydrogens is 266 g/mol. The lowest BCUT2D eigenvalue weighted by molar-refractivity contribution is 0.628. The molecule has 2 aromatic carbocycles. The molecule has 0 heterocycles. The average Bonchev–Trinajstić information content (AvgIpc) is 2.52. The normalized spacial score (nSPS) is 11.1. The first-order chi connectivity index (χ1) is 10.3. The Morgan fingerprint density at radius 2 is 1.38 bits per heavy atom. The highest BCUT2D eigenvalue weighted by Gasteiger charge is 1.99. The quantitative estimate of drug-likeness (QED) is 0.541. The molecule has 0 aliphatic carbocycles. The molecule has 0 aliphatic rings. The van der Waals surface area contributed by atoms with Gasteiger partial charge in [-0.2, -0.15) is 0 Å². The summed E-state index contributed by atoms with van der Waals surface area (Å²) in [6, 6.07) is 15.0. The van der Waals surface area contributed by atoms with E-state index < -0.39 is 0 Å². The van der Waals surface area contributed by atoms with Crippen LogP contribution in [0, 0.1) is 5.82 Å². The van der Waals surface area contributed by atoms with Crippen molar-refractivity contribution in [3.8, 4) is 11.1 Å². The molecule has 21 heavy (non-hydrogen) atoms. The molecule has 2 rings (SSSR count). The minimum absolute atomic E-state index is 0.210. The molecule has 0 aromatic heterocycles. The second kappa shape index (κ2) is 8.35. The first kappa shape index (κ1) is 15.4. The Bertz CT molecular complexity index is 553. The third-order valence-corrected chi connectivity index (χ3v) is 3.56. The number of rotatable bonds is 7. The number of hydrogen-bond acceptors (Lipinski definition) is 0. The van der Waals surface area contributed by atoms with Crippen molar-refractivity contribution in [1.82, 2.24) is 0 Å². The molecule has 0 amide bonds. The fourth-order valence-corrected chi connectivity index (χ4v) is 2.34. The third-order valence-electron chi connectivity index (χ3n) is 3.56. The van der Waals surface area contributed by atoms with Crippen molar-refractivity contribution in [2.24, 2.45) is 0 Å². The van der Waals surface area contributed by atoms with Crippen LogP contribution in [-0.4, -0.2) is 0 Å². The Hall–Kier alpha value is -1.96. The third kappa shape index (κ3) is 5.14. The van der Waals surface area contributed by atoms with Crippen LogP contribution in [-0.2, 0) is 6.42 Å². The summed E-state index contributed by atoms with van der Waals surface area (Å²) in [5.74, 6) is -0.210. The maximum Gasteiger partial charge on any atom is 0.123 e. The maximum atomic E-state index is 12.9. The van der Waals surface area contributed by atoms with Crippen molar-refractivity contribution in [2.75, 3.05) is 0 Å². The van der Waals surface area contributed by atoms with Crippen LogP contribution in [0.1, 0.15) is 31.2 Å². The topological polar surface area (TPSA) is 0 Å². The summed E-state index contributed by atoms with van der Waals surface area (Å²) in [5.41, 5.74) is 3.44. The number of allylic oxidation sites excluding steroid dienone is 1. The lowest BCUT2D eigenvalue weighted by Gasteiger charge is -2.05. The van der Waals surface area contributed by atoms with Crippen molar-refractivity contribution >= 4 is 0 Å². The zero-order chi connectivity index (χ0) is 14.9. The zero-order valence-electron chi connectivity index (χ0n) is 12.1. The molecule has 0 bridgehead atoms. The summed E-state index contributed by atoms with van der Waals surface area (Å²) in [7, 11) is 0. The number of unbranched alkanes of at least 4 members (excludes halogenated alkanes) is 3. The van der Waals surface area contributed by atoms with Gasteiger partial charge in [0.15, 0.2) is 0 Å². The van der Waals surface area contributed by atoms with E-state index >= 15 is 0 Å². The van der Waals surface area contributed by atoms with E-state index in [1.54, 1.807) is 18.2 Å². The average molecular weight is 286 g/mol. The van der Waals surface area contributed by atoms with Crippen LogP contribution < -0.4 is 0 Å². The molecule has 0 radical (unpaired) electrons. The minimum Gasteiger partial charge on any atom is -0.216 e. The highest BCUT2D eigenvalue weighted by molar-refractivity contribution is 5.63. The van der Waals surface area contributed by atoms with Crippen molar-refractivity contribution in [3.05, 3.63) is 72.3 Å². The maximum absolute atomic E-state index is 12.9. The highest BCUT2D eigenvalue weighted by Crippen LogP contribution is 2.20. The van der Waals surface area contributed by atoms with Crippen molar-refractivity contribution in [2.45, 2.75) is 32.1 Å². The molecule has 0 nitrogen and oxygen atoms in total. The van der Waals surface area contributed by atoms with E-state index in [9.17, 15) is 8.78 Å². The molecule has 2 heteroatoms. The van der Waals surface area contributed by atoms with Gasteiger partial charge in [-0.05, 0) is 54.5 Å². The first-order valence-corrected chi connectivity index (χ1v) is 7.40. The van der Waals surface area contributed by atoms with Gasteiger partial charge < -0.3 is 0 Å². The summed E-state index contributed by atoms with van der Waals surface area (Å²) >= 11 is 0. The minimum atomic E-state index is -0.210. The van der Waals surface area contributed by atoms with Gasteiger partial charge in [-0.15, -0.1) is 0 Å². The second-order valence-corrected chi connectivity index (χ2v) is 5.16. The van der Waals surface area contributed by atoms with Crippen molar-refractivity contribution < 1.29 is 8.78 Å². The van der Waals surface area contributed by atoms with E-state index in [4.69, 9.17) is 0 Å². The Morgan fingerprint density at radius 3 is 2.00 bits per heavy atom. The van der Waals surface area contributed by atoms with Gasteiger partial charge in [0.25, 0.3) is 0 Å². The smallest absolute Gasteiger partial charge is 0.123 e. The van der Waals surface area contributed by atoms with E-state index in [2.05, 4.69) is 24.3 Å². The summed E-state index contributed by atoms with van der Waals surface area (Å²) < 4.78 is 24.7. The SMILES string of the molecule is F/C=C/CCCCCc1ccc(-c2ccc(F)cc2)cc1. The fourth-order valence-electron chi connectivity index (χ4n) is 2.34. The molecule has 0 fully saturated rings. The van der Waals surface area contributed by atoms with Crippen LogP contribution in [0.5, 0.6) is 0 Å². The van der Waals surface area contributed by atoms with Gasteiger partial charge in [0.1, 0.15) is 5.82 Å². The highest BCUT2D eigenvalue weighted by atomic mass is 19.1. The summed E-state index contributed by atoms with van der Waals surface area (Å²) in [6.07, 6.45) is 7.32. The van der Waals surface area contributed by atoms with E-state index in [1.165, 1.54) is 17.7 Å². The number of halogens is 2. The molecule has 0 N–H and O–H groups in total. The Labute approximate surface area is 125 Å². The molecular formula is C19H20F2. The molecule has 110 valence electrons. The van der Waals surface area contributed by atoms with Gasteiger partial charge in [-0.3, -0.25) is 0 Å². The lowest BCUT2D eigenvalue weighted by Crippen LogP contribution is -1.86. The predicted octanol–water partition coefficient (Wildman–Crippen LogP) is 6.08. The van der Waals surface area contributed by atoms with E-state index in [0.717, 1.165) is 43.2 Å². The van der Waals surface area contributed by atoms with Gasteiger partial charge in [0.05, 0.1) is 6.33 Å². The van der Waals surface area contributed by atoms with E-state index in [-0.39, 0.29) is 5.82 Å². The first-order valence-electron chi connectivity index (χ1n) is 7.40. The van der Waals surface area contributed by atoms with Gasteiger partial charge in [0.2, 0.25) is 0 Å². The molecule has 0 spiro atoms. The Kier molecular flexibility index (Phi) is 6.14. The van der Waals surface area contributed by atoms with Gasteiger partial charge >= 0.3 is 0 Å².